The summed E-state index contributed by atoms with van der Waals surface area (Å²) in [5, 5.41) is 11.8. The highest BCUT2D eigenvalue weighted by atomic mass is 16.5. The van der Waals surface area contributed by atoms with Crippen molar-refractivity contribution in [2.24, 2.45) is 0 Å². The molecule has 1 aromatic rings. The predicted molar refractivity (Wildman–Crippen MR) is 89.9 cm³/mol. The van der Waals surface area contributed by atoms with Crippen LogP contribution in [-0.4, -0.2) is 36.6 Å². The molecule has 3 aliphatic rings. The number of rotatable bonds is 2. The van der Waals surface area contributed by atoms with Crippen LogP contribution < -0.4 is 19.9 Å². The van der Waals surface area contributed by atoms with Crippen molar-refractivity contribution < 1.29 is 19.4 Å². The molecule has 24 heavy (non-hydrogen) atoms. The van der Waals surface area contributed by atoms with Crippen LogP contribution in [0.4, 0.5) is 0 Å². The molecule has 0 atom stereocenters. The van der Waals surface area contributed by atoms with E-state index in [4.69, 9.17) is 9.47 Å². The fourth-order valence-electron chi connectivity index (χ4n) is 3.39. The van der Waals surface area contributed by atoms with Gasteiger partial charge in [-0.3, -0.25) is 4.79 Å². The predicted octanol–water partition coefficient (Wildman–Crippen LogP) is 1.15. The van der Waals surface area contributed by atoms with E-state index in [0.29, 0.717) is 11.5 Å². The van der Waals surface area contributed by atoms with Crippen molar-refractivity contribution in [3.8, 4) is 11.5 Å². The van der Waals surface area contributed by atoms with Gasteiger partial charge in [0.1, 0.15) is 0 Å². The molecule has 5 nitrogen and oxygen atoms in total. The number of ketones is 1. The molecular formula is C19H17NO4. The smallest absolute Gasteiger partial charge is 0.220 e. The first-order valence-corrected chi connectivity index (χ1v) is 7.74. The molecule has 0 saturated heterocycles. The van der Waals surface area contributed by atoms with Gasteiger partial charge in [0.25, 0.3) is 0 Å². The van der Waals surface area contributed by atoms with E-state index in [1.165, 1.54) is 6.08 Å². The number of nitrogens with zero attached hydrogens (tertiary/aromatic N) is 1. The van der Waals surface area contributed by atoms with Crippen molar-refractivity contribution in [1.29, 1.82) is 0 Å². The minimum Gasteiger partial charge on any atom is -0.504 e. The number of aliphatic hydroxyl groups is 1. The van der Waals surface area contributed by atoms with Crippen LogP contribution >= 0.6 is 0 Å². The van der Waals surface area contributed by atoms with E-state index >= 15 is 0 Å². The molecule has 1 N–H and O–H groups in total. The van der Waals surface area contributed by atoms with Crippen LogP contribution in [-0.2, 0) is 4.79 Å². The lowest BCUT2D eigenvalue weighted by Gasteiger charge is -2.33. The largest absolute Gasteiger partial charge is 0.504 e. The zero-order chi connectivity index (χ0) is 16.8. The molecule has 0 bridgehead atoms. The van der Waals surface area contributed by atoms with Crippen molar-refractivity contribution >= 4 is 18.1 Å². The van der Waals surface area contributed by atoms with Gasteiger partial charge in [-0.15, -0.1) is 0 Å². The van der Waals surface area contributed by atoms with Gasteiger partial charge in [0.05, 0.1) is 14.2 Å². The van der Waals surface area contributed by atoms with Gasteiger partial charge >= 0.3 is 0 Å². The van der Waals surface area contributed by atoms with Crippen LogP contribution in [0.3, 0.4) is 0 Å². The summed E-state index contributed by atoms with van der Waals surface area (Å²) in [6.45, 7) is 0.767. The van der Waals surface area contributed by atoms with Crippen LogP contribution in [0.15, 0.2) is 46.9 Å². The van der Waals surface area contributed by atoms with E-state index in [9.17, 15) is 9.90 Å². The lowest BCUT2D eigenvalue weighted by Crippen LogP contribution is -2.38. The van der Waals surface area contributed by atoms with Crippen molar-refractivity contribution in [1.82, 2.24) is 4.90 Å². The first-order valence-electron chi connectivity index (χ1n) is 7.74. The van der Waals surface area contributed by atoms with Gasteiger partial charge in [-0.05, 0) is 41.5 Å². The summed E-state index contributed by atoms with van der Waals surface area (Å²) < 4.78 is 10.9. The van der Waals surface area contributed by atoms with Gasteiger partial charge in [-0.2, -0.15) is 0 Å². The molecule has 122 valence electrons. The molecule has 5 heteroatoms. The molecule has 2 aliphatic heterocycles. The Morgan fingerprint density at radius 2 is 1.96 bits per heavy atom. The minimum absolute atomic E-state index is 0.213. The quantitative estimate of drug-likeness (QED) is 0.885. The standard InChI is InChI=1S/C19H17NO4/c1-23-18-4-3-11-7-15-13-9-17(22)16(21)8-12(13)5-6-20(15)10-14(11)19(18)24-2/h3-4,7-10,22H,5-6H2,1-2H3. The number of methoxy groups -OCH3 is 2. The fourth-order valence-corrected chi connectivity index (χ4v) is 3.39. The number of carbonyl (C=O) groups excluding carboxylic acids is 1. The zero-order valence-corrected chi connectivity index (χ0v) is 13.5. The molecule has 1 aliphatic carbocycles. The third-order valence-electron chi connectivity index (χ3n) is 4.59. The molecule has 0 spiro atoms. The van der Waals surface area contributed by atoms with Gasteiger partial charge in [-0.25, -0.2) is 0 Å². The number of carbonyl (C=O) groups is 1. The molecule has 0 fully saturated rings. The summed E-state index contributed by atoms with van der Waals surface area (Å²) in [7, 11) is 3.25. The lowest BCUT2D eigenvalue weighted by atomic mass is 9.89. The summed E-state index contributed by atoms with van der Waals surface area (Å²) in [5.41, 5.74) is 2.85. The van der Waals surface area contributed by atoms with Gasteiger partial charge in [-0.1, -0.05) is 6.07 Å². The van der Waals surface area contributed by atoms with Crippen LogP contribution in [0.25, 0.3) is 12.3 Å². The van der Waals surface area contributed by atoms with Gasteiger partial charge < -0.3 is 19.5 Å². The highest BCUT2D eigenvalue weighted by Gasteiger charge is 2.27. The van der Waals surface area contributed by atoms with Gasteiger partial charge in [0, 0.05) is 29.2 Å². The maximum Gasteiger partial charge on any atom is 0.220 e. The minimum atomic E-state index is -0.325. The molecule has 0 radical (unpaired) electrons. The summed E-state index contributed by atoms with van der Waals surface area (Å²) in [4.78, 5) is 13.8. The number of fused-ring (bicyclic) bond motifs is 3. The Morgan fingerprint density at radius 3 is 2.71 bits per heavy atom. The highest BCUT2D eigenvalue weighted by Crippen LogP contribution is 2.34. The monoisotopic (exact) mass is 323 g/mol. The third-order valence-corrected chi connectivity index (χ3v) is 4.59. The van der Waals surface area contributed by atoms with Crippen molar-refractivity contribution in [3.63, 3.8) is 0 Å². The van der Waals surface area contributed by atoms with Gasteiger partial charge in [0.15, 0.2) is 17.3 Å². The Labute approximate surface area is 139 Å². The number of allylic oxidation sites excluding steroid dienone is 4. The molecule has 2 heterocycles. The SMILES string of the molecule is COc1ccc2c(c1OC)=CN1CCC3=CC(=O)C(O)=CC3=C1C=2. The molecule has 0 unspecified atom stereocenters. The summed E-state index contributed by atoms with van der Waals surface area (Å²) in [5.74, 6) is 0.855. The normalized spacial score (nSPS) is 18.4. The molecule has 0 aromatic heterocycles. The third kappa shape index (κ3) is 2.05. The maximum absolute atomic E-state index is 11.7. The van der Waals surface area contributed by atoms with Crippen LogP contribution in [0.1, 0.15) is 6.42 Å². The molecule has 1 aromatic carbocycles. The summed E-state index contributed by atoms with van der Waals surface area (Å²) in [6.07, 6.45) is 7.94. The summed E-state index contributed by atoms with van der Waals surface area (Å²) >= 11 is 0. The number of hydrogen-bond donors (Lipinski definition) is 1. The average Bonchev–Trinajstić information content (AvgIpc) is 2.60. The van der Waals surface area contributed by atoms with E-state index in [1.807, 2.05) is 18.3 Å². The maximum atomic E-state index is 11.7. The van der Waals surface area contributed by atoms with E-state index < -0.39 is 0 Å². The second-order valence-corrected chi connectivity index (χ2v) is 5.88. The van der Waals surface area contributed by atoms with E-state index in [2.05, 4.69) is 11.0 Å². The van der Waals surface area contributed by atoms with Crippen molar-refractivity contribution in [2.75, 3.05) is 20.8 Å². The Kier molecular flexibility index (Phi) is 3.23. The first-order chi connectivity index (χ1) is 11.6. The second-order valence-electron chi connectivity index (χ2n) is 5.88. The number of hydrogen-bond acceptors (Lipinski definition) is 5. The van der Waals surface area contributed by atoms with E-state index in [1.54, 1.807) is 20.3 Å². The van der Waals surface area contributed by atoms with Crippen molar-refractivity contribution in [2.45, 2.75) is 6.42 Å². The van der Waals surface area contributed by atoms with Gasteiger partial charge in [0.2, 0.25) is 5.78 Å². The summed E-state index contributed by atoms with van der Waals surface area (Å²) in [6, 6.07) is 3.85. The second kappa shape index (κ2) is 5.30. The molecule has 0 saturated carbocycles. The Hall–Kier alpha value is -2.95. The van der Waals surface area contributed by atoms with E-state index in [0.717, 1.165) is 40.2 Å². The number of aliphatic hydroxyl groups excluding tert-OH is 1. The number of ether oxygens (including phenoxy) is 2. The lowest BCUT2D eigenvalue weighted by molar-refractivity contribution is -0.113. The fraction of sp³-hybridized carbons (Fsp3) is 0.211. The average molecular weight is 323 g/mol. The Bertz CT molecular complexity index is 966. The Balaban J connectivity index is 1.98. The van der Waals surface area contributed by atoms with Crippen LogP contribution in [0.5, 0.6) is 11.5 Å². The van der Waals surface area contributed by atoms with Crippen molar-refractivity contribution in [3.05, 3.63) is 57.3 Å². The molecule has 0 amide bonds. The zero-order valence-electron chi connectivity index (χ0n) is 13.5. The number of benzene rings is 1. The topological polar surface area (TPSA) is 59.0 Å². The van der Waals surface area contributed by atoms with Crippen LogP contribution in [0.2, 0.25) is 0 Å². The Morgan fingerprint density at radius 1 is 1.12 bits per heavy atom. The van der Waals surface area contributed by atoms with E-state index in [-0.39, 0.29) is 11.5 Å². The first kappa shape index (κ1) is 14.6. The van der Waals surface area contributed by atoms with Crippen LogP contribution in [0, 0.1) is 0 Å². The highest BCUT2D eigenvalue weighted by molar-refractivity contribution is 6.05. The molecule has 4 rings (SSSR count). The molecular weight excluding hydrogens is 306 g/mol.